The average molecular weight is 212 g/mol. The summed E-state index contributed by atoms with van der Waals surface area (Å²) in [7, 11) is 0. The summed E-state index contributed by atoms with van der Waals surface area (Å²) in [6.45, 7) is 7.53. The first-order chi connectivity index (χ1) is 7.08. The van der Waals surface area contributed by atoms with E-state index in [2.05, 4.69) is 20.8 Å². The van der Waals surface area contributed by atoms with Gasteiger partial charge in [-0.3, -0.25) is 4.79 Å². The van der Waals surface area contributed by atoms with E-state index in [0.29, 0.717) is 19.0 Å². The van der Waals surface area contributed by atoms with Crippen molar-refractivity contribution in [2.24, 2.45) is 11.3 Å². The first-order valence-corrected chi connectivity index (χ1v) is 6.18. The van der Waals surface area contributed by atoms with E-state index in [9.17, 15) is 4.79 Å². The van der Waals surface area contributed by atoms with Crippen LogP contribution in [0.1, 0.15) is 52.9 Å². The lowest BCUT2D eigenvalue weighted by Gasteiger charge is -2.37. The van der Waals surface area contributed by atoms with Crippen LogP contribution in [-0.4, -0.2) is 19.0 Å². The molecule has 15 heavy (non-hydrogen) atoms. The smallest absolute Gasteiger partial charge is 0.162 e. The van der Waals surface area contributed by atoms with Crippen molar-refractivity contribution >= 4 is 5.78 Å². The van der Waals surface area contributed by atoms with Crippen molar-refractivity contribution in [3.05, 3.63) is 0 Å². The predicted octanol–water partition coefficient (Wildman–Crippen LogP) is 3.20. The van der Waals surface area contributed by atoms with Gasteiger partial charge in [0.2, 0.25) is 0 Å². The van der Waals surface area contributed by atoms with Crippen molar-refractivity contribution in [2.75, 3.05) is 13.2 Å². The van der Waals surface area contributed by atoms with Crippen LogP contribution in [0.5, 0.6) is 0 Å². The number of ether oxygens (including phenoxy) is 1. The molecule has 0 aromatic carbocycles. The van der Waals surface area contributed by atoms with E-state index in [4.69, 9.17) is 4.74 Å². The van der Waals surface area contributed by atoms with Crippen molar-refractivity contribution in [3.63, 3.8) is 0 Å². The third-order valence-corrected chi connectivity index (χ3v) is 3.49. The van der Waals surface area contributed by atoms with Crippen LogP contribution in [0, 0.1) is 11.3 Å². The fourth-order valence-corrected chi connectivity index (χ4v) is 2.51. The highest BCUT2D eigenvalue weighted by Crippen LogP contribution is 2.40. The molecule has 0 bridgehead atoms. The molecular weight excluding hydrogens is 188 g/mol. The van der Waals surface area contributed by atoms with E-state index in [1.54, 1.807) is 0 Å². The van der Waals surface area contributed by atoms with Crippen LogP contribution in [0.25, 0.3) is 0 Å². The molecule has 0 heterocycles. The van der Waals surface area contributed by atoms with Gasteiger partial charge in [-0.25, -0.2) is 0 Å². The zero-order valence-corrected chi connectivity index (χ0v) is 10.3. The highest BCUT2D eigenvalue weighted by Gasteiger charge is 2.36. The first kappa shape index (κ1) is 12.7. The molecule has 1 unspecified atom stereocenters. The Morgan fingerprint density at radius 3 is 2.73 bits per heavy atom. The Balaban J connectivity index is 2.42. The fourth-order valence-electron chi connectivity index (χ4n) is 2.51. The molecule has 2 heteroatoms. The summed E-state index contributed by atoms with van der Waals surface area (Å²) in [5.74, 6) is 0.538. The van der Waals surface area contributed by atoms with Crippen LogP contribution in [0.3, 0.4) is 0 Å². The normalized spacial score (nSPS) is 25.1. The van der Waals surface area contributed by atoms with Crippen molar-refractivity contribution in [2.45, 2.75) is 52.9 Å². The molecule has 1 aliphatic carbocycles. The van der Waals surface area contributed by atoms with Crippen LogP contribution in [0.2, 0.25) is 0 Å². The van der Waals surface area contributed by atoms with Gasteiger partial charge in [-0.15, -0.1) is 0 Å². The lowest BCUT2D eigenvalue weighted by atomic mass is 9.67. The SMILES string of the molecule is CCCOCC(=O)C1CCCCC1(C)C. The zero-order chi connectivity index (χ0) is 11.3. The third kappa shape index (κ3) is 3.60. The molecule has 0 saturated heterocycles. The monoisotopic (exact) mass is 212 g/mol. The van der Waals surface area contributed by atoms with Gasteiger partial charge in [0.25, 0.3) is 0 Å². The topological polar surface area (TPSA) is 26.3 Å². The summed E-state index contributed by atoms with van der Waals surface area (Å²) in [6, 6.07) is 0. The van der Waals surface area contributed by atoms with Crippen LogP contribution in [-0.2, 0) is 9.53 Å². The summed E-state index contributed by atoms with van der Waals surface area (Å²) in [6.07, 6.45) is 5.69. The molecule has 0 aliphatic heterocycles. The highest BCUT2D eigenvalue weighted by atomic mass is 16.5. The maximum Gasteiger partial charge on any atom is 0.162 e. The number of Topliss-reactive ketones (excluding diaryl/α,β-unsaturated/α-hetero) is 1. The molecule has 0 N–H and O–H groups in total. The molecule has 1 rings (SSSR count). The minimum Gasteiger partial charge on any atom is -0.374 e. The minimum atomic E-state index is 0.185. The lowest BCUT2D eigenvalue weighted by molar-refractivity contribution is -0.132. The van der Waals surface area contributed by atoms with Crippen LogP contribution in [0.15, 0.2) is 0 Å². The molecule has 1 aliphatic rings. The van der Waals surface area contributed by atoms with Gasteiger partial charge in [0.15, 0.2) is 5.78 Å². The van der Waals surface area contributed by atoms with Crippen molar-refractivity contribution < 1.29 is 9.53 Å². The number of carbonyl (C=O) groups excluding carboxylic acids is 1. The number of hydrogen-bond acceptors (Lipinski definition) is 2. The Bertz CT molecular complexity index is 209. The second-order valence-electron chi connectivity index (χ2n) is 5.31. The standard InChI is InChI=1S/C13H24O2/c1-4-9-15-10-12(14)11-7-5-6-8-13(11,2)3/h11H,4-10H2,1-3H3. The molecule has 0 aromatic rings. The molecule has 0 aromatic heterocycles. The maximum atomic E-state index is 12.0. The van der Waals surface area contributed by atoms with Gasteiger partial charge in [0.1, 0.15) is 6.61 Å². The molecule has 0 amide bonds. The van der Waals surface area contributed by atoms with Crippen LogP contribution < -0.4 is 0 Å². The second kappa shape index (κ2) is 5.64. The van der Waals surface area contributed by atoms with Gasteiger partial charge in [-0.2, -0.15) is 0 Å². The average Bonchev–Trinajstić information content (AvgIpc) is 2.17. The summed E-state index contributed by atoms with van der Waals surface area (Å²) >= 11 is 0. The number of rotatable bonds is 5. The largest absolute Gasteiger partial charge is 0.374 e. The van der Waals surface area contributed by atoms with Crippen molar-refractivity contribution in [3.8, 4) is 0 Å². The predicted molar refractivity (Wildman–Crippen MR) is 61.9 cm³/mol. The first-order valence-electron chi connectivity index (χ1n) is 6.18. The molecule has 88 valence electrons. The second-order valence-corrected chi connectivity index (χ2v) is 5.31. The fraction of sp³-hybridized carbons (Fsp3) is 0.923. The number of ketones is 1. The van der Waals surface area contributed by atoms with E-state index < -0.39 is 0 Å². The molecular formula is C13H24O2. The lowest BCUT2D eigenvalue weighted by Crippen LogP contribution is -2.36. The Labute approximate surface area is 93.4 Å². The van der Waals surface area contributed by atoms with Crippen LogP contribution >= 0.6 is 0 Å². The summed E-state index contributed by atoms with van der Waals surface area (Å²) < 4.78 is 5.34. The van der Waals surface area contributed by atoms with Gasteiger partial charge in [-0.05, 0) is 24.7 Å². The van der Waals surface area contributed by atoms with Gasteiger partial charge in [-0.1, -0.05) is 33.6 Å². The maximum absolute atomic E-state index is 12.0. The van der Waals surface area contributed by atoms with Gasteiger partial charge in [0.05, 0.1) is 0 Å². The summed E-state index contributed by atoms with van der Waals surface area (Å²) in [5.41, 5.74) is 0.185. The van der Waals surface area contributed by atoms with Crippen molar-refractivity contribution in [1.29, 1.82) is 0 Å². The number of carbonyl (C=O) groups is 1. The van der Waals surface area contributed by atoms with Crippen LogP contribution in [0.4, 0.5) is 0 Å². The van der Waals surface area contributed by atoms with E-state index in [1.165, 1.54) is 19.3 Å². The van der Waals surface area contributed by atoms with E-state index in [-0.39, 0.29) is 11.3 Å². The van der Waals surface area contributed by atoms with Crippen molar-refractivity contribution in [1.82, 2.24) is 0 Å². The summed E-state index contributed by atoms with van der Waals surface area (Å²) in [5, 5.41) is 0. The molecule has 2 nitrogen and oxygen atoms in total. The van der Waals surface area contributed by atoms with E-state index in [1.807, 2.05) is 0 Å². The molecule has 0 spiro atoms. The highest BCUT2D eigenvalue weighted by molar-refractivity contribution is 5.83. The Morgan fingerprint density at radius 1 is 1.40 bits per heavy atom. The van der Waals surface area contributed by atoms with Gasteiger partial charge < -0.3 is 4.74 Å². The Kier molecular flexibility index (Phi) is 4.78. The zero-order valence-electron chi connectivity index (χ0n) is 10.3. The third-order valence-electron chi connectivity index (χ3n) is 3.49. The van der Waals surface area contributed by atoms with Gasteiger partial charge >= 0.3 is 0 Å². The van der Waals surface area contributed by atoms with E-state index in [0.717, 1.165) is 12.8 Å². The minimum absolute atomic E-state index is 0.185. The quantitative estimate of drug-likeness (QED) is 0.654. The number of hydrogen-bond donors (Lipinski definition) is 0. The molecule has 1 saturated carbocycles. The summed E-state index contributed by atoms with van der Waals surface area (Å²) in [4.78, 5) is 12.0. The van der Waals surface area contributed by atoms with E-state index >= 15 is 0 Å². The molecule has 1 fully saturated rings. The Morgan fingerprint density at radius 2 is 2.13 bits per heavy atom. The molecule has 1 atom stereocenters. The Hall–Kier alpha value is -0.370. The van der Waals surface area contributed by atoms with Gasteiger partial charge in [0, 0.05) is 12.5 Å². The molecule has 0 radical (unpaired) electrons.